The van der Waals surface area contributed by atoms with Crippen LogP contribution in [0.4, 0.5) is 4.39 Å². The van der Waals surface area contributed by atoms with E-state index in [0.717, 1.165) is 29.4 Å². The van der Waals surface area contributed by atoms with Gasteiger partial charge in [0.05, 0.1) is 0 Å². The van der Waals surface area contributed by atoms with Gasteiger partial charge in [-0.25, -0.2) is 4.39 Å². The van der Waals surface area contributed by atoms with Gasteiger partial charge < -0.3 is 10.3 Å². The summed E-state index contributed by atoms with van der Waals surface area (Å²) >= 11 is 3.40. The van der Waals surface area contributed by atoms with E-state index in [0.29, 0.717) is 0 Å². The van der Waals surface area contributed by atoms with E-state index in [1.54, 1.807) is 0 Å². The van der Waals surface area contributed by atoms with E-state index in [9.17, 15) is 4.39 Å². The quantitative estimate of drug-likeness (QED) is 0.892. The number of benzene rings is 1. The first kappa shape index (κ1) is 14.3. The van der Waals surface area contributed by atoms with Crippen molar-refractivity contribution in [2.75, 3.05) is 0 Å². The predicted octanol–water partition coefficient (Wildman–Crippen LogP) is 3.72. The Kier molecular flexibility index (Phi) is 4.77. The molecule has 0 radical (unpaired) electrons. The van der Waals surface area contributed by atoms with Crippen molar-refractivity contribution in [3.63, 3.8) is 0 Å². The lowest BCUT2D eigenvalue weighted by atomic mass is 10.1. The first-order chi connectivity index (χ1) is 9.10. The number of nitrogens with two attached hydrogens (primary N) is 1. The maximum Gasteiger partial charge on any atom is 0.124 e. The molecule has 1 aromatic carbocycles. The van der Waals surface area contributed by atoms with E-state index < -0.39 is 0 Å². The molecule has 0 fully saturated rings. The molecule has 2 aromatic rings. The number of hydrogen-bond donors (Lipinski definition) is 1. The van der Waals surface area contributed by atoms with Gasteiger partial charge in [0.2, 0.25) is 0 Å². The third-order valence-corrected chi connectivity index (χ3v) is 4.01. The molecule has 0 saturated heterocycles. The van der Waals surface area contributed by atoms with Gasteiger partial charge >= 0.3 is 0 Å². The second-order valence-electron chi connectivity index (χ2n) is 4.74. The molecular weight excluding hydrogens is 307 g/mol. The average Bonchev–Trinajstić information content (AvgIpc) is 2.80. The highest BCUT2D eigenvalue weighted by molar-refractivity contribution is 9.10. The van der Waals surface area contributed by atoms with Crippen molar-refractivity contribution >= 4 is 15.9 Å². The van der Waals surface area contributed by atoms with E-state index >= 15 is 0 Å². The Labute approximate surface area is 121 Å². The summed E-state index contributed by atoms with van der Waals surface area (Å²) in [4.78, 5) is 0. The van der Waals surface area contributed by atoms with Crippen LogP contribution in [0.5, 0.6) is 0 Å². The molecule has 1 aromatic heterocycles. The van der Waals surface area contributed by atoms with Gasteiger partial charge in [-0.05, 0) is 36.2 Å². The highest BCUT2D eigenvalue weighted by Crippen LogP contribution is 2.20. The standard InChI is InChI=1S/C15H18BrFN2/c1-2-13(18)9-14-4-3-7-19(14)10-11-5-6-12(17)8-15(11)16/h3-8,13H,2,9-10,18H2,1H3. The Morgan fingerprint density at radius 2 is 2.16 bits per heavy atom. The maximum absolute atomic E-state index is 13.1. The molecule has 2 rings (SSSR count). The zero-order valence-electron chi connectivity index (χ0n) is 10.9. The Balaban J connectivity index is 2.17. The molecular formula is C15H18BrFN2. The summed E-state index contributed by atoms with van der Waals surface area (Å²) in [7, 11) is 0. The summed E-state index contributed by atoms with van der Waals surface area (Å²) in [5.41, 5.74) is 8.28. The second-order valence-corrected chi connectivity index (χ2v) is 5.59. The highest BCUT2D eigenvalue weighted by Gasteiger charge is 2.08. The van der Waals surface area contributed by atoms with Crippen LogP contribution in [0.2, 0.25) is 0 Å². The molecule has 0 saturated carbocycles. The number of nitrogens with zero attached hydrogens (tertiary/aromatic N) is 1. The van der Waals surface area contributed by atoms with Gasteiger partial charge in [0.25, 0.3) is 0 Å². The minimum Gasteiger partial charge on any atom is -0.347 e. The van der Waals surface area contributed by atoms with Crippen LogP contribution in [-0.4, -0.2) is 10.6 Å². The van der Waals surface area contributed by atoms with Crippen LogP contribution in [0.3, 0.4) is 0 Å². The molecule has 2 N–H and O–H groups in total. The maximum atomic E-state index is 13.1. The summed E-state index contributed by atoms with van der Waals surface area (Å²) in [6.07, 6.45) is 3.86. The average molecular weight is 325 g/mol. The van der Waals surface area contributed by atoms with Crippen molar-refractivity contribution in [1.82, 2.24) is 4.57 Å². The third kappa shape index (κ3) is 3.67. The second kappa shape index (κ2) is 6.35. The smallest absolute Gasteiger partial charge is 0.124 e. The number of aromatic nitrogens is 1. The summed E-state index contributed by atoms with van der Waals surface area (Å²) in [6, 6.07) is 9.09. The number of hydrogen-bond acceptors (Lipinski definition) is 1. The van der Waals surface area contributed by atoms with Gasteiger partial charge in [0.15, 0.2) is 0 Å². The van der Waals surface area contributed by atoms with Crippen LogP contribution in [0, 0.1) is 5.82 Å². The van der Waals surface area contributed by atoms with Crippen molar-refractivity contribution in [2.24, 2.45) is 5.73 Å². The first-order valence-corrected chi connectivity index (χ1v) is 7.23. The molecule has 102 valence electrons. The Morgan fingerprint density at radius 1 is 1.37 bits per heavy atom. The zero-order chi connectivity index (χ0) is 13.8. The van der Waals surface area contributed by atoms with Crippen molar-refractivity contribution in [2.45, 2.75) is 32.4 Å². The van der Waals surface area contributed by atoms with Crippen molar-refractivity contribution in [3.05, 3.63) is 58.1 Å². The molecule has 0 bridgehead atoms. The number of halogens is 2. The largest absolute Gasteiger partial charge is 0.347 e. The fourth-order valence-corrected chi connectivity index (χ4v) is 2.51. The van der Waals surface area contributed by atoms with Crippen molar-refractivity contribution < 1.29 is 4.39 Å². The summed E-state index contributed by atoms with van der Waals surface area (Å²) in [5.74, 6) is -0.226. The zero-order valence-corrected chi connectivity index (χ0v) is 12.5. The topological polar surface area (TPSA) is 30.9 Å². The molecule has 1 atom stereocenters. The SMILES string of the molecule is CCC(N)Cc1cccn1Cc1ccc(F)cc1Br. The summed E-state index contributed by atoms with van der Waals surface area (Å²) < 4.78 is 16.0. The van der Waals surface area contributed by atoms with Gasteiger partial charge in [0.1, 0.15) is 5.82 Å². The first-order valence-electron chi connectivity index (χ1n) is 6.43. The van der Waals surface area contributed by atoms with Crippen molar-refractivity contribution in [3.8, 4) is 0 Å². The van der Waals surface area contributed by atoms with E-state index in [2.05, 4.69) is 33.5 Å². The fourth-order valence-electron chi connectivity index (χ4n) is 2.04. The molecule has 4 heteroatoms. The lowest BCUT2D eigenvalue weighted by molar-refractivity contribution is 0.607. The molecule has 1 unspecified atom stereocenters. The minimum absolute atomic E-state index is 0.185. The number of rotatable bonds is 5. The van der Waals surface area contributed by atoms with Crippen molar-refractivity contribution in [1.29, 1.82) is 0 Å². The summed E-state index contributed by atoms with van der Waals surface area (Å²) in [6.45, 7) is 2.81. The van der Waals surface area contributed by atoms with E-state index in [-0.39, 0.29) is 11.9 Å². The normalized spacial score (nSPS) is 12.6. The van der Waals surface area contributed by atoms with Crippen LogP contribution < -0.4 is 5.73 Å². The van der Waals surface area contributed by atoms with Crippen LogP contribution >= 0.6 is 15.9 Å². The van der Waals surface area contributed by atoms with Gasteiger partial charge in [-0.3, -0.25) is 0 Å². The minimum atomic E-state index is -0.226. The Bertz CT molecular complexity index is 551. The predicted molar refractivity (Wildman–Crippen MR) is 79.6 cm³/mol. The highest BCUT2D eigenvalue weighted by atomic mass is 79.9. The monoisotopic (exact) mass is 324 g/mol. The van der Waals surface area contributed by atoms with Gasteiger partial charge in [-0.15, -0.1) is 0 Å². The van der Waals surface area contributed by atoms with Gasteiger partial charge in [-0.2, -0.15) is 0 Å². The van der Waals surface area contributed by atoms with Crippen LogP contribution in [0.15, 0.2) is 41.0 Å². The lowest BCUT2D eigenvalue weighted by Gasteiger charge is -2.13. The Morgan fingerprint density at radius 3 is 2.84 bits per heavy atom. The van der Waals surface area contributed by atoms with E-state index in [1.807, 2.05) is 18.3 Å². The molecule has 19 heavy (non-hydrogen) atoms. The van der Waals surface area contributed by atoms with Crippen LogP contribution in [0.25, 0.3) is 0 Å². The molecule has 1 heterocycles. The Hall–Kier alpha value is -1.13. The van der Waals surface area contributed by atoms with Crippen LogP contribution in [-0.2, 0) is 13.0 Å². The van der Waals surface area contributed by atoms with Crippen LogP contribution in [0.1, 0.15) is 24.6 Å². The molecule has 0 aliphatic heterocycles. The third-order valence-electron chi connectivity index (χ3n) is 3.28. The molecule has 2 nitrogen and oxygen atoms in total. The molecule has 0 aliphatic rings. The lowest BCUT2D eigenvalue weighted by Crippen LogP contribution is -2.23. The fraction of sp³-hybridized carbons (Fsp3) is 0.333. The van der Waals surface area contributed by atoms with Gasteiger partial charge in [-0.1, -0.05) is 28.9 Å². The molecule has 0 spiro atoms. The molecule has 0 aliphatic carbocycles. The molecule has 0 amide bonds. The summed E-state index contributed by atoms with van der Waals surface area (Å²) in [5, 5.41) is 0. The van der Waals surface area contributed by atoms with Gasteiger partial charge in [0, 0.05) is 35.4 Å². The van der Waals surface area contributed by atoms with E-state index in [4.69, 9.17) is 5.73 Å². The van der Waals surface area contributed by atoms with E-state index in [1.165, 1.54) is 17.8 Å².